The second-order valence-electron chi connectivity index (χ2n) is 6.12. The molecule has 2 aromatic carbocycles. The molecule has 0 spiro atoms. The quantitative estimate of drug-likeness (QED) is 0.851. The average molecular weight is 338 g/mol. The highest BCUT2D eigenvalue weighted by atomic mass is 16.5. The minimum absolute atomic E-state index is 0.0103. The smallest absolute Gasteiger partial charge is 0.251 e. The molecule has 1 saturated heterocycles. The van der Waals surface area contributed by atoms with Crippen LogP contribution in [-0.4, -0.2) is 44.5 Å². The molecule has 3 rings (SSSR count). The summed E-state index contributed by atoms with van der Waals surface area (Å²) in [7, 11) is 0. The third kappa shape index (κ3) is 4.45. The molecule has 1 N–H and O–H groups in total. The predicted octanol–water partition coefficient (Wildman–Crippen LogP) is 2.44. The Labute approximate surface area is 147 Å². The van der Waals surface area contributed by atoms with Crippen molar-refractivity contribution in [2.45, 2.75) is 6.92 Å². The van der Waals surface area contributed by atoms with Crippen molar-refractivity contribution in [2.24, 2.45) is 0 Å². The number of anilines is 1. The van der Waals surface area contributed by atoms with Gasteiger partial charge in [-0.1, -0.05) is 17.7 Å². The van der Waals surface area contributed by atoms with Gasteiger partial charge in [0.2, 0.25) is 0 Å². The number of amides is 1. The van der Waals surface area contributed by atoms with Crippen LogP contribution < -0.4 is 10.2 Å². The third-order valence-electron chi connectivity index (χ3n) is 4.29. The van der Waals surface area contributed by atoms with Gasteiger partial charge in [-0.3, -0.25) is 9.59 Å². The molecule has 0 radical (unpaired) electrons. The Bertz CT molecular complexity index is 733. The van der Waals surface area contributed by atoms with Gasteiger partial charge in [-0.15, -0.1) is 0 Å². The van der Waals surface area contributed by atoms with Crippen LogP contribution in [0.25, 0.3) is 0 Å². The predicted molar refractivity (Wildman–Crippen MR) is 97.3 cm³/mol. The van der Waals surface area contributed by atoms with Crippen LogP contribution in [0.4, 0.5) is 5.69 Å². The fraction of sp³-hybridized carbons (Fsp3) is 0.300. The number of rotatable bonds is 5. The first-order chi connectivity index (χ1) is 12.1. The Morgan fingerprint density at radius 2 is 1.56 bits per heavy atom. The van der Waals surface area contributed by atoms with E-state index in [4.69, 9.17) is 4.74 Å². The van der Waals surface area contributed by atoms with Crippen LogP contribution in [0, 0.1) is 6.92 Å². The molecule has 5 nitrogen and oxygen atoms in total. The van der Waals surface area contributed by atoms with Crippen molar-refractivity contribution in [1.82, 2.24) is 5.32 Å². The number of aryl methyl sites for hydroxylation is 1. The molecule has 1 aliphatic rings. The Balaban J connectivity index is 1.55. The van der Waals surface area contributed by atoms with Crippen molar-refractivity contribution in [3.63, 3.8) is 0 Å². The number of Topliss-reactive ketones (excluding diaryl/α,β-unsaturated/α-hetero) is 1. The molecule has 0 aromatic heterocycles. The fourth-order valence-electron chi connectivity index (χ4n) is 2.75. The molecule has 130 valence electrons. The number of ether oxygens (including phenoxy) is 1. The summed E-state index contributed by atoms with van der Waals surface area (Å²) >= 11 is 0. The summed E-state index contributed by atoms with van der Waals surface area (Å²) in [5.41, 5.74) is 3.33. The van der Waals surface area contributed by atoms with Gasteiger partial charge >= 0.3 is 0 Å². The highest BCUT2D eigenvalue weighted by molar-refractivity contribution is 6.02. The van der Waals surface area contributed by atoms with Crippen molar-refractivity contribution >= 4 is 17.4 Å². The molecule has 2 aromatic rings. The van der Waals surface area contributed by atoms with Gasteiger partial charge < -0.3 is 15.0 Å². The van der Waals surface area contributed by atoms with E-state index in [9.17, 15) is 9.59 Å². The van der Waals surface area contributed by atoms with E-state index in [0.717, 1.165) is 37.6 Å². The zero-order valence-electron chi connectivity index (χ0n) is 14.3. The first kappa shape index (κ1) is 17.2. The molecule has 1 aliphatic heterocycles. The van der Waals surface area contributed by atoms with E-state index < -0.39 is 0 Å². The number of hydrogen-bond donors (Lipinski definition) is 1. The minimum Gasteiger partial charge on any atom is -0.378 e. The van der Waals surface area contributed by atoms with Crippen LogP contribution in [0.2, 0.25) is 0 Å². The number of nitrogens with one attached hydrogen (secondary N) is 1. The first-order valence-electron chi connectivity index (χ1n) is 8.44. The number of nitrogens with zero attached hydrogens (tertiary/aromatic N) is 1. The summed E-state index contributed by atoms with van der Waals surface area (Å²) in [4.78, 5) is 26.6. The van der Waals surface area contributed by atoms with Gasteiger partial charge in [-0.2, -0.15) is 0 Å². The highest BCUT2D eigenvalue weighted by Gasteiger charge is 2.13. The van der Waals surface area contributed by atoms with E-state index in [0.29, 0.717) is 11.1 Å². The molecule has 0 aliphatic carbocycles. The summed E-state index contributed by atoms with van der Waals surface area (Å²) in [5, 5.41) is 2.68. The van der Waals surface area contributed by atoms with Gasteiger partial charge in [-0.25, -0.2) is 0 Å². The molecule has 5 heteroatoms. The van der Waals surface area contributed by atoms with Crippen molar-refractivity contribution in [3.05, 3.63) is 65.2 Å². The molecule has 0 saturated carbocycles. The molecule has 1 amide bonds. The molecule has 1 heterocycles. The molecule has 0 atom stereocenters. The monoisotopic (exact) mass is 338 g/mol. The van der Waals surface area contributed by atoms with Crippen molar-refractivity contribution < 1.29 is 14.3 Å². The van der Waals surface area contributed by atoms with Crippen LogP contribution in [0.5, 0.6) is 0 Å². The van der Waals surface area contributed by atoms with E-state index in [1.54, 1.807) is 12.1 Å². The summed E-state index contributed by atoms with van der Waals surface area (Å²) in [6.45, 7) is 5.13. The van der Waals surface area contributed by atoms with Crippen molar-refractivity contribution in [1.29, 1.82) is 0 Å². The van der Waals surface area contributed by atoms with E-state index >= 15 is 0 Å². The van der Waals surface area contributed by atoms with Gasteiger partial charge in [0.25, 0.3) is 5.91 Å². The largest absolute Gasteiger partial charge is 0.378 e. The lowest BCUT2D eigenvalue weighted by Crippen LogP contribution is -2.36. The normalized spacial score (nSPS) is 14.2. The van der Waals surface area contributed by atoms with Gasteiger partial charge in [0.05, 0.1) is 19.8 Å². The highest BCUT2D eigenvalue weighted by Crippen LogP contribution is 2.16. The van der Waals surface area contributed by atoms with Crippen molar-refractivity contribution in [3.8, 4) is 0 Å². The zero-order chi connectivity index (χ0) is 17.6. The topological polar surface area (TPSA) is 58.6 Å². The molecular weight excluding hydrogens is 316 g/mol. The summed E-state index contributed by atoms with van der Waals surface area (Å²) in [6.07, 6.45) is 0. The second kappa shape index (κ2) is 7.94. The van der Waals surface area contributed by atoms with Crippen LogP contribution in [0.3, 0.4) is 0 Å². The molecule has 0 bridgehead atoms. The summed E-state index contributed by atoms with van der Waals surface area (Å²) in [6, 6.07) is 14.8. The number of ketones is 1. The van der Waals surface area contributed by atoms with E-state index in [1.807, 2.05) is 43.3 Å². The molecule has 0 unspecified atom stereocenters. The number of morpholine rings is 1. The van der Waals surface area contributed by atoms with Crippen molar-refractivity contribution in [2.75, 3.05) is 37.7 Å². The molecule has 1 fully saturated rings. The molecule has 25 heavy (non-hydrogen) atoms. The maximum Gasteiger partial charge on any atom is 0.251 e. The lowest BCUT2D eigenvalue weighted by atomic mass is 10.1. The van der Waals surface area contributed by atoms with Gasteiger partial charge in [0.1, 0.15) is 0 Å². The minimum atomic E-state index is -0.238. The number of hydrogen-bond acceptors (Lipinski definition) is 4. The van der Waals surface area contributed by atoms with Crippen LogP contribution in [-0.2, 0) is 4.74 Å². The average Bonchev–Trinajstić information content (AvgIpc) is 2.67. The number of carbonyl (C=O) groups excluding carboxylic acids is 2. The maximum atomic E-state index is 12.3. The lowest BCUT2D eigenvalue weighted by Gasteiger charge is -2.28. The fourth-order valence-corrected chi connectivity index (χ4v) is 2.75. The van der Waals surface area contributed by atoms with E-state index in [-0.39, 0.29) is 18.2 Å². The summed E-state index contributed by atoms with van der Waals surface area (Å²) in [5.74, 6) is -0.340. The molecular formula is C20H22N2O3. The maximum absolute atomic E-state index is 12.3. The van der Waals surface area contributed by atoms with Crippen LogP contribution >= 0.6 is 0 Å². The van der Waals surface area contributed by atoms with Gasteiger partial charge in [0, 0.05) is 29.9 Å². The third-order valence-corrected chi connectivity index (χ3v) is 4.29. The Hall–Kier alpha value is -2.66. The van der Waals surface area contributed by atoms with E-state index in [1.165, 1.54) is 0 Å². The summed E-state index contributed by atoms with van der Waals surface area (Å²) < 4.78 is 5.34. The van der Waals surface area contributed by atoms with Crippen LogP contribution in [0.15, 0.2) is 48.5 Å². The van der Waals surface area contributed by atoms with Crippen LogP contribution in [0.1, 0.15) is 26.3 Å². The van der Waals surface area contributed by atoms with Gasteiger partial charge in [-0.05, 0) is 43.3 Å². The first-order valence-corrected chi connectivity index (χ1v) is 8.44. The lowest BCUT2D eigenvalue weighted by molar-refractivity contribution is 0.0904. The Morgan fingerprint density at radius 1 is 0.960 bits per heavy atom. The Morgan fingerprint density at radius 3 is 2.20 bits per heavy atom. The number of benzene rings is 2. The standard InChI is InChI=1S/C20H22N2O3/c1-15-2-4-17(5-3-15)20(24)21-14-19(23)16-6-8-18(9-7-16)22-10-12-25-13-11-22/h2-9H,10-14H2,1H3,(H,21,24). The van der Waals surface area contributed by atoms with E-state index in [2.05, 4.69) is 10.2 Å². The Kier molecular flexibility index (Phi) is 5.46. The zero-order valence-corrected chi connectivity index (χ0v) is 14.3. The SMILES string of the molecule is Cc1ccc(C(=O)NCC(=O)c2ccc(N3CCOCC3)cc2)cc1. The second-order valence-corrected chi connectivity index (χ2v) is 6.12. The van der Waals surface area contributed by atoms with Gasteiger partial charge in [0.15, 0.2) is 5.78 Å². The number of carbonyl (C=O) groups is 2.